The maximum Gasteiger partial charge on any atom is 0.263 e. The van der Waals surface area contributed by atoms with E-state index < -0.39 is 5.56 Å². The lowest BCUT2D eigenvalue weighted by atomic mass is 9.96. The molecule has 1 atom stereocenters. The average molecular weight is 358 g/mol. The lowest BCUT2D eigenvalue weighted by Gasteiger charge is -2.32. The fourth-order valence-electron chi connectivity index (χ4n) is 3.47. The molecule has 8 heteroatoms. The topological polar surface area (TPSA) is 87.1 Å². The number of carbonyl (C=O) groups is 1. The minimum atomic E-state index is -0.391. The van der Waals surface area contributed by atoms with Gasteiger partial charge in [-0.3, -0.25) is 9.59 Å². The van der Waals surface area contributed by atoms with Crippen LogP contribution < -0.4 is 5.56 Å². The van der Waals surface area contributed by atoms with Crippen molar-refractivity contribution in [2.45, 2.75) is 31.7 Å². The average Bonchev–Trinajstić information content (AvgIpc) is 3.10. The Labute approximate surface area is 152 Å². The first-order valence-corrected chi connectivity index (χ1v) is 9.04. The van der Waals surface area contributed by atoms with E-state index in [2.05, 4.69) is 38.5 Å². The molecule has 0 radical (unpaired) electrons. The van der Waals surface area contributed by atoms with Crippen LogP contribution in [0, 0.1) is 0 Å². The van der Waals surface area contributed by atoms with Crippen molar-refractivity contribution < 1.29 is 4.79 Å². The van der Waals surface area contributed by atoms with E-state index in [1.165, 1.54) is 12.5 Å². The third kappa shape index (κ3) is 4.19. The van der Waals surface area contributed by atoms with Gasteiger partial charge in [0.05, 0.1) is 6.33 Å². The highest BCUT2D eigenvalue weighted by atomic mass is 16.2. The number of aromatic amines is 1. The van der Waals surface area contributed by atoms with Crippen molar-refractivity contribution in [3.63, 3.8) is 0 Å². The quantitative estimate of drug-likeness (QED) is 0.830. The van der Waals surface area contributed by atoms with Gasteiger partial charge < -0.3 is 19.4 Å². The molecule has 2 aromatic heterocycles. The van der Waals surface area contributed by atoms with Crippen LogP contribution in [0.15, 0.2) is 29.7 Å². The van der Waals surface area contributed by atoms with Crippen LogP contribution in [0.25, 0.3) is 0 Å². The summed E-state index contributed by atoms with van der Waals surface area (Å²) in [5.41, 5.74) is -0.292. The Bertz CT molecular complexity index is 797. The molecule has 1 aliphatic rings. The van der Waals surface area contributed by atoms with Crippen LogP contribution >= 0.6 is 0 Å². The third-order valence-corrected chi connectivity index (χ3v) is 4.77. The van der Waals surface area contributed by atoms with Crippen molar-refractivity contribution in [1.29, 1.82) is 0 Å². The minimum absolute atomic E-state index is 0.0995. The zero-order valence-corrected chi connectivity index (χ0v) is 15.4. The molecule has 0 saturated carbocycles. The minimum Gasteiger partial charge on any atom is -0.338 e. The molecule has 8 nitrogen and oxygen atoms in total. The number of piperidine rings is 1. The lowest BCUT2D eigenvalue weighted by molar-refractivity contribution is 0.0701. The number of amides is 1. The number of aryl methyl sites for hydroxylation is 1. The Morgan fingerprint density at radius 3 is 3.04 bits per heavy atom. The Hall–Kier alpha value is -2.48. The van der Waals surface area contributed by atoms with E-state index in [9.17, 15) is 9.59 Å². The van der Waals surface area contributed by atoms with Crippen LogP contribution in [0.4, 0.5) is 0 Å². The summed E-state index contributed by atoms with van der Waals surface area (Å²) in [5.74, 6) is 0.967. The summed E-state index contributed by atoms with van der Waals surface area (Å²) in [4.78, 5) is 39.4. The number of nitrogens with one attached hydrogen (secondary N) is 1. The van der Waals surface area contributed by atoms with Gasteiger partial charge in [0.1, 0.15) is 11.4 Å². The van der Waals surface area contributed by atoms with Crippen LogP contribution in [0.2, 0.25) is 0 Å². The molecule has 0 aliphatic carbocycles. The number of likely N-dealkylation sites (tertiary alicyclic amines) is 1. The fraction of sp³-hybridized carbons (Fsp3) is 0.556. The van der Waals surface area contributed by atoms with Crippen LogP contribution in [-0.4, -0.2) is 69.0 Å². The molecule has 2 aromatic rings. The molecule has 1 amide bonds. The molecule has 1 fully saturated rings. The second-order valence-corrected chi connectivity index (χ2v) is 7.02. The highest BCUT2D eigenvalue weighted by molar-refractivity contribution is 5.93. The number of H-pyrrole nitrogens is 1. The Morgan fingerprint density at radius 2 is 2.27 bits per heavy atom. The molecule has 0 spiro atoms. The molecule has 140 valence electrons. The zero-order chi connectivity index (χ0) is 18.5. The van der Waals surface area contributed by atoms with Crippen molar-refractivity contribution in [3.8, 4) is 0 Å². The molecule has 1 saturated heterocycles. The molecule has 0 bridgehead atoms. The normalized spacial score (nSPS) is 17.7. The molecule has 1 aliphatic heterocycles. The van der Waals surface area contributed by atoms with Crippen LogP contribution in [0.3, 0.4) is 0 Å². The zero-order valence-electron chi connectivity index (χ0n) is 15.4. The van der Waals surface area contributed by atoms with Crippen molar-refractivity contribution in [2.75, 3.05) is 33.7 Å². The first-order valence-electron chi connectivity index (χ1n) is 9.04. The van der Waals surface area contributed by atoms with Gasteiger partial charge in [-0.2, -0.15) is 0 Å². The predicted octanol–water partition coefficient (Wildman–Crippen LogP) is 0.938. The van der Waals surface area contributed by atoms with Gasteiger partial charge in [0, 0.05) is 44.1 Å². The van der Waals surface area contributed by atoms with E-state index >= 15 is 0 Å². The Balaban J connectivity index is 1.69. The Kier molecular flexibility index (Phi) is 5.82. The fourth-order valence-corrected chi connectivity index (χ4v) is 3.47. The number of imidazole rings is 1. The van der Waals surface area contributed by atoms with Crippen LogP contribution in [0.1, 0.15) is 41.4 Å². The second kappa shape index (κ2) is 8.27. The number of rotatable bonds is 6. The van der Waals surface area contributed by atoms with Gasteiger partial charge in [-0.25, -0.2) is 9.97 Å². The van der Waals surface area contributed by atoms with Gasteiger partial charge in [0.15, 0.2) is 0 Å². The standard InChI is InChI=1S/C18H26N6O2/c1-22(2)7-4-9-23-10-6-20-16(23)14-5-3-8-24(12-14)18(26)15-11-19-13-21-17(15)25/h6,10-11,13-14H,3-5,7-9,12H2,1-2H3,(H,19,21,25)/t14-/m0/s1. The molecular weight excluding hydrogens is 332 g/mol. The van der Waals surface area contributed by atoms with E-state index in [1.54, 1.807) is 4.90 Å². The summed E-state index contributed by atoms with van der Waals surface area (Å²) in [6.45, 7) is 3.18. The summed E-state index contributed by atoms with van der Waals surface area (Å²) in [6, 6.07) is 0. The lowest BCUT2D eigenvalue weighted by Crippen LogP contribution is -2.41. The number of nitrogens with zero attached hydrogens (tertiary/aromatic N) is 5. The van der Waals surface area contributed by atoms with Crippen molar-refractivity contribution >= 4 is 5.91 Å². The number of hydrogen-bond donors (Lipinski definition) is 1. The molecule has 3 heterocycles. The van der Waals surface area contributed by atoms with E-state index in [1.807, 2.05) is 12.4 Å². The second-order valence-electron chi connectivity index (χ2n) is 7.02. The van der Waals surface area contributed by atoms with Gasteiger partial charge in [-0.15, -0.1) is 0 Å². The van der Waals surface area contributed by atoms with Gasteiger partial charge >= 0.3 is 0 Å². The van der Waals surface area contributed by atoms with E-state index in [0.717, 1.165) is 38.2 Å². The van der Waals surface area contributed by atoms with Crippen molar-refractivity contribution in [1.82, 2.24) is 29.3 Å². The van der Waals surface area contributed by atoms with E-state index in [4.69, 9.17) is 0 Å². The molecule has 26 heavy (non-hydrogen) atoms. The third-order valence-electron chi connectivity index (χ3n) is 4.77. The monoisotopic (exact) mass is 358 g/mol. The van der Waals surface area contributed by atoms with Crippen LogP contribution in [-0.2, 0) is 6.54 Å². The molecule has 0 aromatic carbocycles. The summed E-state index contributed by atoms with van der Waals surface area (Å²) in [5, 5.41) is 0. The van der Waals surface area contributed by atoms with Gasteiger partial charge in [-0.05, 0) is 39.9 Å². The Morgan fingerprint density at radius 1 is 1.42 bits per heavy atom. The van der Waals surface area contributed by atoms with Crippen LogP contribution in [0.5, 0.6) is 0 Å². The van der Waals surface area contributed by atoms with Crippen molar-refractivity contribution in [3.05, 3.63) is 46.7 Å². The SMILES string of the molecule is CN(C)CCCn1ccnc1[C@H]1CCCN(C(=O)c2cnc[nH]c2=O)C1. The largest absolute Gasteiger partial charge is 0.338 e. The van der Waals surface area contributed by atoms with Crippen molar-refractivity contribution in [2.24, 2.45) is 0 Å². The molecule has 3 rings (SSSR count). The first kappa shape index (κ1) is 18.3. The number of hydrogen-bond acceptors (Lipinski definition) is 5. The van der Waals surface area contributed by atoms with Gasteiger partial charge in [0.2, 0.25) is 0 Å². The van der Waals surface area contributed by atoms with Gasteiger partial charge in [0.25, 0.3) is 11.5 Å². The summed E-state index contributed by atoms with van der Waals surface area (Å²) in [6.07, 6.45) is 9.43. The predicted molar refractivity (Wildman–Crippen MR) is 98.1 cm³/mol. The highest BCUT2D eigenvalue weighted by Crippen LogP contribution is 2.26. The van der Waals surface area contributed by atoms with Gasteiger partial charge in [-0.1, -0.05) is 0 Å². The summed E-state index contributed by atoms with van der Waals surface area (Å²) < 4.78 is 2.19. The van der Waals surface area contributed by atoms with E-state index in [-0.39, 0.29) is 17.4 Å². The first-order chi connectivity index (χ1) is 12.6. The maximum absolute atomic E-state index is 12.7. The van der Waals surface area contributed by atoms with E-state index in [0.29, 0.717) is 13.1 Å². The smallest absolute Gasteiger partial charge is 0.263 e. The summed E-state index contributed by atoms with van der Waals surface area (Å²) in [7, 11) is 4.14. The summed E-state index contributed by atoms with van der Waals surface area (Å²) >= 11 is 0. The number of aromatic nitrogens is 4. The number of carbonyl (C=O) groups excluding carboxylic acids is 1. The molecular formula is C18H26N6O2. The highest BCUT2D eigenvalue weighted by Gasteiger charge is 2.29. The maximum atomic E-state index is 12.7. The molecule has 1 N–H and O–H groups in total. The molecule has 0 unspecified atom stereocenters.